The molecule has 0 bridgehead atoms. The average Bonchev–Trinajstić information content (AvgIpc) is 3.12. The first-order valence-electron chi connectivity index (χ1n) is 10.3. The molecule has 0 unspecified atom stereocenters. The van der Waals surface area contributed by atoms with Crippen molar-refractivity contribution in [3.8, 4) is 5.75 Å². The van der Waals surface area contributed by atoms with Crippen molar-refractivity contribution >= 4 is 23.1 Å². The highest BCUT2D eigenvalue weighted by atomic mass is 16.5. The van der Waals surface area contributed by atoms with Gasteiger partial charge in [-0.2, -0.15) is 0 Å². The van der Waals surface area contributed by atoms with Crippen LogP contribution in [-0.4, -0.2) is 11.6 Å². The van der Waals surface area contributed by atoms with Gasteiger partial charge >= 0.3 is 0 Å². The van der Waals surface area contributed by atoms with Crippen molar-refractivity contribution in [1.29, 1.82) is 0 Å². The Balaban J connectivity index is 1.47. The van der Waals surface area contributed by atoms with Gasteiger partial charge in [0, 0.05) is 24.0 Å². The topological polar surface area (TPSA) is 61.3 Å². The number of nitrogens with two attached hydrogens (primary N) is 1. The number of fused-ring (bicyclic) bond motifs is 1. The van der Waals surface area contributed by atoms with Crippen LogP contribution in [0.5, 0.6) is 5.75 Å². The van der Waals surface area contributed by atoms with Crippen molar-refractivity contribution in [2.45, 2.75) is 26.3 Å². The van der Waals surface area contributed by atoms with E-state index in [9.17, 15) is 0 Å². The first-order valence-corrected chi connectivity index (χ1v) is 10.3. The molecule has 0 radical (unpaired) electrons. The van der Waals surface area contributed by atoms with Crippen LogP contribution in [0.3, 0.4) is 0 Å². The van der Waals surface area contributed by atoms with Crippen molar-refractivity contribution in [1.82, 2.24) is 4.98 Å². The fraction of sp³-hybridized carbons (Fsp3) is 0.192. The maximum absolute atomic E-state index is 6.13. The molecular formula is C26H26N2O2. The van der Waals surface area contributed by atoms with Crippen LogP contribution < -0.4 is 10.5 Å². The predicted octanol–water partition coefficient (Wildman–Crippen LogP) is 5.78. The van der Waals surface area contributed by atoms with Crippen molar-refractivity contribution in [3.63, 3.8) is 0 Å². The first-order chi connectivity index (χ1) is 14.8. The lowest BCUT2D eigenvalue weighted by Crippen LogP contribution is -2.06. The van der Waals surface area contributed by atoms with E-state index in [0.29, 0.717) is 13.2 Å². The van der Waals surface area contributed by atoms with Gasteiger partial charge in [-0.3, -0.25) is 4.98 Å². The fourth-order valence-corrected chi connectivity index (χ4v) is 3.60. The van der Waals surface area contributed by atoms with Crippen LogP contribution in [0.4, 0.5) is 0 Å². The van der Waals surface area contributed by atoms with Crippen molar-refractivity contribution in [2.24, 2.45) is 5.73 Å². The lowest BCUT2D eigenvalue weighted by atomic mass is 10.1. The van der Waals surface area contributed by atoms with Crippen molar-refractivity contribution in [2.75, 3.05) is 6.61 Å². The molecule has 4 nitrogen and oxygen atoms in total. The summed E-state index contributed by atoms with van der Waals surface area (Å²) in [7, 11) is 0. The third-order valence-corrected chi connectivity index (χ3v) is 5.20. The minimum Gasteiger partial charge on any atom is -0.493 e. The molecule has 4 heteroatoms. The summed E-state index contributed by atoms with van der Waals surface area (Å²) >= 11 is 0. The third-order valence-electron chi connectivity index (χ3n) is 5.20. The minimum atomic E-state index is 0.511. The van der Waals surface area contributed by atoms with E-state index in [0.717, 1.165) is 57.7 Å². The monoisotopic (exact) mass is 398 g/mol. The quantitative estimate of drug-likeness (QED) is 0.382. The van der Waals surface area contributed by atoms with Gasteiger partial charge in [0.15, 0.2) is 0 Å². The molecule has 0 fully saturated rings. The second-order valence-corrected chi connectivity index (χ2v) is 7.23. The SMILES string of the molecule is Cc1c(C=Cc2ccccc2)oc2cccc(OCCCc3ncccc3CN)c12. The van der Waals surface area contributed by atoms with E-state index >= 15 is 0 Å². The van der Waals surface area contributed by atoms with Crippen LogP contribution >= 0.6 is 0 Å². The van der Waals surface area contributed by atoms with Gasteiger partial charge in [0.05, 0.1) is 12.0 Å². The Morgan fingerprint density at radius 1 is 1.00 bits per heavy atom. The Hall–Kier alpha value is -3.37. The van der Waals surface area contributed by atoms with Crippen LogP contribution in [-0.2, 0) is 13.0 Å². The van der Waals surface area contributed by atoms with E-state index in [-0.39, 0.29) is 0 Å². The number of aryl methyl sites for hydroxylation is 2. The number of furan rings is 1. The average molecular weight is 399 g/mol. The van der Waals surface area contributed by atoms with Crippen LogP contribution in [0, 0.1) is 6.92 Å². The lowest BCUT2D eigenvalue weighted by molar-refractivity contribution is 0.314. The number of benzene rings is 2. The van der Waals surface area contributed by atoms with Gasteiger partial charge in [-0.05, 0) is 55.2 Å². The molecule has 4 rings (SSSR count). The van der Waals surface area contributed by atoms with E-state index in [1.807, 2.05) is 60.8 Å². The second kappa shape index (κ2) is 9.42. The molecule has 0 aliphatic heterocycles. The molecule has 0 saturated carbocycles. The number of pyridine rings is 1. The zero-order valence-electron chi connectivity index (χ0n) is 17.2. The van der Waals surface area contributed by atoms with Gasteiger partial charge in [-0.25, -0.2) is 0 Å². The van der Waals surface area contributed by atoms with E-state index < -0.39 is 0 Å². The van der Waals surface area contributed by atoms with E-state index in [4.69, 9.17) is 14.9 Å². The van der Waals surface area contributed by atoms with Gasteiger partial charge in [-0.1, -0.05) is 48.5 Å². The molecule has 4 aromatic rings. The zero-order valence-corrected chi connectivity index (χ0v) is 17.2. The Labute approximate surface area is 177 Å². The number of aromatic nitrogens is 1. The lowest BCUT2D eigenvalue weighted by Gasteiger charge is -2.09. The largest absolute Gasteiger partial charge is 0.493 e. The van der Waals surface area contributed by atoms with Crippen LogP contribution in [0.25, 0.3) is 23.1 Å². The summed E-state index contributed by atoms with van der Waals surface area (Å²) < 4.78 is 12.2. The van der Waals surface area contributed by atoms with Crippen LogP contribution in [0.2, 0.25) is 0 Å². The summed E-state index contributed by atoms with van der Waals surface area (Å²) in [4.78, 5) is 4.45. The molecule has 0 atom stereocenters. The normalized spacial score (nSPS) is 11.4. The highest BCUT2D eigenvalue weighted by molar-refractivity contribution is 5.91. The van der Waals surface area contributed by atoms with Crippen LogP contribution in [0.15, 0.2) is 71.3 Å². The molecule has 0 aliphatic rings. The van der Waals surface area contributed by atoms with Gasteiger partial charge in [0.1, 0.15) is 17.1 Å². The Kier molecular flexibility index (Phi) is 6.26. The summed E-state index contributed by atoms with van der Waals surface area (Å²) in [5.74, 6) is 1.71. The van der Waals surface area contributed by atoms with Gasteiger partial charge in [0.2, 0.25) is 0 Å². The van der Waals surface area contributed by atoms with Crippen molar-refractivity contribution in [3.05, 3.63) is 95.0 Å². The maximum Gasteiger partial charge on any atom is 0.138 e. The van der Waals surface area contributed by atoms with Crippen molar-refractivity contribution < 1.29 is 9.15 Å². The summed E-state index contributed by atoms with van der Waals surface area (Å²) in [6.07, 6.45) is 7.61. The van der Waals surface area contributed by atoms with Gasteiger partial charge < -0.3 is 14.9 Å². The molecule has 2 heterocycles. The molecule has 2 aromatic heterocycles. The first kappa shape index (κ1) is 19.9. The molecule has 0 spiro atoms. The standard InChI is InChI=1S/C26H26N2O2/c1-19-23(15-14-20-8-3-2-4-9-20)30-25-13-5-12-24(26(19)25)29-17-7-11-22-21(18-27)10-6-16-28-22/h2-6,8-10,12-16H,7,11,17-18,27H2,1H3. The predicted molar refractivity (Wildman–Crippen MR) is 122 cm³/mol. The second-order valence-electron chi connectivity index (χ2n) is 7.23. The Bertz CT molecular complexity index is 1150. The van der Waals surface area contributed by atoms with E-state index in [1.165, 1.54) is 0 Å². The highest BCUT2D eigenvalue weighted by Crippen LogP contribution is 2.34. The minimum absolute atomic E-state index is 0.511. The molecule has 0 aliphatic carbocycles. The zero-order chi connectivity index (χ0) is 20.8. The van der Waals surface area contributed by atoms with Crippen LogP contribution in [0.1, 0.15) is 34.6 Å². The number of ether oxygens (including phenoxy) is 1. The summed E-state index contributed by atoms with van der Waals surface area (Å²) in [5, 5.41) is 1.03. The molecule has 2 N–H and O–H groups in total. The molecular weight excluding hydrogens is 372 g/mol. The summed E-state index contributed by atoms with van der Waals surface area (Å²) in [6, 6.07) is 20.1. The molecule has 30 heavy (non-hydrogen) atoms. The number of nitrogens with zero attached hydrogens (tertiary/aromatic N) is 1. The Morgan fingerprint density at radius 3 is 2.70 bits per heavy atom. The molecule has 0 saturated heterocycles. The summed E-state index contributed by atoms with van der Waals surface area (Å²) in [5.41, 5.74) is 11.0. The molecule has 0 amide bonds. The fourth-order valence-electron chi connectivity index (χ4n) is 3.60. The van der Waals surface area contributed by atoms with Gasteiger partial charge in [0.25, 0.3) is 0 Å². The van der Waals surface area contributed by atoms with E-state index in [1.54, 1.807) is 0 Å². The maximum atomic E-state index is 6.13. The van der Waals surface area contributed by atoms with E-state index in [2.05, 4.69) is 30.1 Å². The highest BCUT2D eigenvalue weighted by Gasteiger charge is 2.13. The number of rotatable bonds is 8. The molecule has 152 valence electrons. The third kappa shape index (κ3) is 4.44. The smallest absolute Gasteiger partial charge is 0.138 e. The molecule has 2 aromatic carbocycles. The summed E-state index contributed by atoms with van der Waals surface area (Å²) in [6.45, 7) is 3.20. The number of hydrogen-bond donors (Lipinski definition) is 1. The Morgan fingerprint density at radius 2 is 1.87 bits per heavy atom. The number of hydrogen-bond acceptors (Lipinski definition) is 4. The van der Waals surface area contributed by atoms with Gasteiger partial charge in [-0.15, -0.1) is 0 Å².